The van der Waals surface area contributed by atoms with Crippen molar-refractivity contribution < 1.29 is 35.9 Å². The fraction of sp³-hybridized carbons (Fsp3) is 0.481. The molecule has 1 aromatic heterocycles. The molecule has 12 heteroatoms. The molecule has 1 aliphatic heterocycles. The van der Waals surface area contributed by atoms with Gasteiger partial charge < -0.3 is 19.1 Å². The molecular weight excluding hydrogens is 526 g/mol. The standard InChI is InChI=1S/C27H30F6N4O2/c1-3-39-21-9-6-18(7-10-21)13-24-34-22-14-19(25(38)36(16-26(28,29)30)17-27(31,32)33)8-11-23(22)37(24)15-20-5-4-12-35(20)2/h6-11,14,20H,3-5,12-13,15-17H2,1-2H3. The van der Waals surface area contributed by atoms with Crippen LogP contribution in [0.1, 0.15) is 41.5 Å². The van der Waals surface area contributed by atoms with E-state index in [1.807, 2.05) is 42.8 Å². The topological polar surface area (TPSA) is 50.6 Å². The third-order valence-electron chi connectivity index (χ3n) is 6.76. The maximum absolute atomic E-state index is 13.0. The third kappa shape index (κ3) is 7.43. The van der Waals surface area contributed by atoms with Gasteiger partial charge in [-0.1, -0.05) is 12.1 Å². The minimum absolute atomic E-state index is 0.230. The number of fused-ring (bicyclic) bond motifs is 1. The minimum Gasteiger partial charge on any atom is -0.494 e. The van der Waals surface area contributed by atoms with Crippen molar-refractivity contribution in [3.05, 3.63) is 59.4 Å². The number of rotatable bonds is 9. The summed E-state index contributed by atoms with van der Waals surface area (Å²) in [6.07, 6.45) is -7.49. The van der Waals surface area contributed by atoms with E-state index in [1.54, 1.807) is 6.07 Å². The number of benzene rings is 2. The third-order valence-corrected chi connectivity index (χ3v) is 6.76. The van der Waals surface area contributed by atoms with E-state index in [4.69, 9.17) is 4.74 Å². The molecule has 1 aliphatic rings. The number of likely N-dealkylation sites (tertiary alicyclic amines) is 1. The van der Waals surface area contributed by atoms with Gasteiger partial charge in [0.05, 0.1) is 17.6 Å². The Kier molecular flexibility index (Phi) is 8.43. The summed E-state index contributed by atoms with van der Waals surface area (Å²) in [5.41, 5.74) is 1.66. The van der Waals surface area contributed by atoms with Gasteiger partial charge in [-0.05, 0) is 69.3 Å². The molecule has 1 atom stereocenters. The van der Waals surface area contributed by atoms with Crippen LogP contribution in [0.4, 0.5) is 26.3 Å². The highest BCUT2D eigenvalue weighted by atomic mass is 19.4. The Morgan fingerprint density at radius 1 is 1.05 bits per heavy atom. The van der Waals surface area contributed by atoms with Crippen LogP contribution in [-0.2, 0) is 13.0 Å². The fourth-order valence-corrected chi connectivity index (χ4v) is 4.94. The molecule has 2 aromatic carbocycles. The van der Waals surface area contributed by atoms with Crippen LogP contribution in [0.3, 0.4) is 0 Å². The number of likely N-dealkylation sites (N-methyl/N-ethyl adjacent to an activating group) is 1. The van der Waals surface area contributed by atoms with Gasteiger partial charge in [-0.3, -0.25) is 4.79 Å². The molecule has 1 fully saturated rings. The summed E-state index contributed by atoms with van der Waals surface area (Å²) in [7, 11) is 2.04. The molecule has 0 bridgehead atoms. The molecule has 2 heterocycles. The van der Waals surface area contributed by atoms with Gasteiger partial charge in [-0.25, -0.2) is 4.98 Å². The number of nitrogens with zero attached hydrogens (tertiary/aromatic N) is 4. The van der Waals surface area contributed by atoms with Gasteiger partial charge in [0.1, 0.15) is 24.7 Å². The molecule has 1 amide bonds. The number of halogens is 6. The van der Waals surface area contributed by atoms with Crippen molar-refractivity contribution in [1.29, 1.82) is 0 Å². The van der Waals surface area contributed by atoms with Gasteiger partial charge >= 0.3 is 12.4 Å². The second-order valence-corrected chi connectivity index (χ2v) is 9.76. The van der Waals surface area contributed by atoms with Crippen LogP contribution in [0.2, 0.25) is 0 Å². The van der Waals surface area contributed by atoms with Crippen LogP contribution in [-0.4, -0.2) is 76.9 Å². The lowest BCUT2D eigenvalue weighted by atomic mass is 10.1. The summed E-state index contributed by atoms with van der Waals surface area (Å²) in [6.45, 7) is -0.0156. The van der Waals surface area contributed by atoms with E-state index in [0.29, 0.717) is 36.4 Å². The highest BCUT2D eigenvalue weighted by Gasteiger charge is 2.40. The number of aromatic nitrogens is 2. The van der Waals surface area contributed by atoms with E-state index in [-0.39, 0.29) is 16.5 Å². The SMILES string of the molecule is CCOc1ccc(Cc2nc3cc(C(=O)N(CC(F)(F)F)CC(F)(F)F)ccc3n2CC2CCCN2C)cc1. The van der Waals surface area contributed by atoms with Crippen molar-refractivity contribution in [3.8, 4) is 5.75 Å². The first kappa shape index (κ1) is 28.7. The number of carbonyl (C=O) groups is 1. The molecule has 212 valence electrons. The second kappa shape index (κ2) is 11.4. The Bertz CT molecular complexity index is 1270. The molecule has 1 unspecified atom stereocenters. The molecule has 39 heavy (non-hydrogen) atoms. The molecule has 0 saturated carbocycles. The van der Waals surface area contributed by atoms with E-state index in [2.05, 4.69) is 9.88 Å². The molecule has 0 N–H and O–H groups in total. The smallest absolute Gasteiger partial charge is 0.406 e. The normalized spacial score (nSPS) is 16.7. The second-order valence-electron chi connectivity index (χ2n) is 9.76. The van der Waals surface area contributed by atoms with E-state index < -0.39 is 31.3 Å². The lowest BCUT2D eigenvalue weighted by molar-refractivity contribution is -0.171. The number of imidazole rings is 1. The number of alkyl halides is 6. The number of carbonyl (C=O) groups excluding carboxylic acids is 1. The van der Waals surface area contributed by atoms with Crippen molar-refractivity contribution in [2.45, 2.75) is 51.1 Å². The molecular formula is C27H30F6N4O2. The fourth-order valence-electron chi connectivity index (χ4n) is 4.94. The summed E-state index contributed by atoms with van der Waals surface area (Å²) in [4.78, 5) is 19.5. The average molecular weight is 557 g/mol. The first-order valence-corrected chi connectivity index (χ1v) is 12.7. The van der Waals surface area contributed by atoms with Gasteiger partial charge in [0.2, 0.25) is 0 Å². The van der Waals surface area contributed by atoms with E-state index in [1.165, 1.54) is 12.1 Å². The summed E-state index contributed by atoms with van der Waals surface area (Å²) in [5.74, 6) is 0.0546. The zero-order valence-corrected chi connectivity index (χ0v) is 21.6. The maximum atomic E-state index is 13.0. The number of amides is 1. The molecule has 4 rings (SSSR count). The van der Waals surface area contributed by atoms with Crippen LogP contribution < -0.4 is 4.74 Å². The average Bonchev–Trinajstić information content (AvgIpc) is 3.40. The van der Waals surface area contributed by atoms with Crippen LogP contribution in [0.25, 0.3) is 11.0 Å². The van der Waals surface area contributed by atoms with Crippen molar-refractivity contribution in [1.82, 2.24) is 19.4 Å². The predicted molar refractivity (Wildman–Crippen MR) is 134 cm³/mol. The summed E-state index contributed by atoms with van der Waals surface area (Å²) in [6, 6.07) is 11.9. The van der Waals surface area contributed by atoms with Gasteiger partial charge in [-0.2, -0.15) is 26.3 Å². The minimum atomic E-state index is -4.98. The number of ether oxygens (including phenoxy) is 1. The number of hydrogen-bond acceptors (Lipinski definition) is 4. The Balaban J connectivity index is 1.69. The van der Waals surface area contributed by atoms with Crippen molar-refractivity contribution in [2.75, 3.05) is 33.3 Å². The van der Waals surface area contributed by atoms with Crippen molar-refractivity contribution in [3.63, 3.8) is 0 Å². The highest BCUT2D eigenvalue weighted by Crippen LogP contribution is 2.27. The lowest BCUT2D eigenvalue weighted by Gasteiger charge is -2.25. The van der Waals surface area contributed by atoms with Gasteiger partial charge in [0.25, 0.3) is 5.91 Å². The quantitative estimate of drug-likeness (QED) is 0.318. The Morgan fingerprint density at radius 2 is 1.72 bits per heavy atom. The number of hydrogen-bond donors (Lipinski definition) is 0. The van der Waals surface area contributed by atoms with Crippen LogP contribution in [0.5, 0.6) is 5.75 Å². The van der Waals surface area contributed by atoms with E-state index in [0.717, 1.165) is 30.7 Å². The summed E-state index contributed by atoms with van der Waals surface area (Å²) in [5, 5.41) is 0. The first-order valence-electron chi connectivity index (χ1n) is 12.7. The van der Waals surface area contributed by atoms with E-state index >= 15 is 0 Å². The summed E-state index contributed by atoms with van der Waals surface area (Å²) >= 11 is 0. The summed E-state index contributed by atoms with van der Waals surface area (Å²) < 4.78 is 85.4. The molecule has 3 aromatic rings. The van der Waals surface area contributed by atoms with Crippen LogP contribution in [0, 0.1) is 0 Å². The maximum Gasteiger partial charge on any atom is 0.406 e. The zero-order valence-electron chi connectivity index (χ0n) is 21.6. The molecule has 0 aliphatic carbocycles. The molecule has 0 radical (unpaired) electrons. The monoisotopic (exact) mass is 556 g/mol. The lowest BCUT2D eigenvalue weighted by Crippen LogP contribution is -2.44. The van der Waals surface area contributed by atoms with Gasteiger partial charge in [0.15, 0.2) is 0 Å². The van der Waals surface area contributed by atoms with Gasteiger partial charge in [0, 0.05) is 24.6 Å². The van der Waals surface area contributed by atoms with Crippen molar-refractivity contribution >= 4 is 16.9 Å². The Labute approximate surface area is 222 Å². The van der Waals surface area contributed by atoms with Gasteiger partial charge in [-0.15, -0.1) is 0 Å². The first-order chi connectivity index (χ1) is 18.3. The highest BCUT2D eigenvalue weighted by molar-refractivity contribution is 5.97. The molecule has 0 spiro atoms. The van der Waals surface area contributed by atoms with Crippen LogP contribution >= 0.6 is 0 Å². The zero-order chi connectivity index (χ0) is 28.4. The molecule has 1 saturated heterocycles. The van der Waals surface area contributed by atoms with E-state index in [9.17, 15) is 31.1 Å². The molecule has 6 nitrogen and oxygen atoms in total. The van der Waals surface area contributed by atoms with Crippen LogP contribution in [0.15, 0.2) is 42.5 Å². The Morgan fingerprint density at radius 3 is 2.28 bits per heavy atom. The Hall–Kier alpha value is -3.28. The predicted octanol–water partition coefficient (Wildman–Crippen LogP) is 5.69. The van der Waals surface area contributed by atoms with Crippen molar-refractivity contribution in [2.24, 2.45) is 0 Å². The largest absolute Gasteiger partial charge is 0.494 e.